The molecule has 1 heterocycles. The smallest absolute Gasteiger partial charge is 0.381 e. The number of rotatable bonds is 2. The van der Waals surface area contributed by atoms with Gasteiger partial charge < -0.3 is 4.74 Å². The van der Waals surface area contributed by atoms with Gasteiger partial charge in [0.25, 0.3) is 0 Å². The lowest BCUT2D eigenvalue weighted by atomic mass is 9.96. The van der Waals surface area contributed by atoms with Gasteiger partial charge in [-0.25, -0.2) is 4.39 Å². The Kier molecular flexibility index (Phi) is 3.38. The van der Waals surface area contributed by atoms with E-state index in [1.807, 2.05) is 0 Å². The molecule has 1 atom stereocenters. The first-order valence-electron chi connectivity index (χ1n) is 5.38. The highest BCUT2D eigenvalue weighted by Gasteiger charge is 2.34. The molecule has 0 bridgehead atoms. The van der Waals surface area contributed by atoms with Crippen molar-refractivity contribution >= 4 is 5.78 Å². The van der Waals surface area contributed by atoms with Crippen LogP contribution in [0.3, 0.4) is 0 Å². The average molecular weight is 262 g/mol. The molecular weight excluding hydrogens is 252 g/mol. The van der Waals surface area contributed by atoms with Gasteiger partial charge in [0.1, 0.15) is 5.82 Å². The lowest BCUT2D eigenvalue weighted by Crippen LogP contribution is -2.16. The molecule has 18 heavy (non-hydrogen) atoms. The van der Waals surface area contributed by atoms with Crippen molar-refractivity contribution in [1.29, 1.82) is 0 Å². The van der Waals surface area contributed by atoms with Crippen LogP contribution in [0.4, 0.5) is 17.6 Å². The van der Waals surface area contributed by atoms with Gasteiger partial charge in [-0.15, -0.1) is 0 Å². The van der Waals surface area contributed by atoms with E-state index in [1.165, 1.54) is 0 Å². The highest BCUT2D eigenvalue weighted by molar-refractivity contribution is 5.98. The number of halogens is 4. The summed E-state index contributed by atoms with van der Waals surface area (Å²) in [6, 6.07) is 2.24. The second kappa shape index (κ2) is 4.68. The van der Waals surface area contributed by atoms with E-state index in [1.54, 1.807) is 0 Å². The lowest BCUT2D eigenvalue weighted by Gasteiger charge is -2.10. The highest BCUT2D eigenvalue weighted by Crippen LogP contribution is 2.32. The number of hydrogen-bond donors (Lipinski definition) is 0. The van der Waals surface area contributed by atoms with Crippen LogP contribution >= 0.6 is 0 Å². The molecule has 0 spiro atoms. The molecule has 1 aromatic carbocycles. The molecule has 1 unspecified atom stereocenters. The summed E-state index contributed by atoms with van der Waals surface area (Å²) in [5.74, 6) is -2.19. The van der Waals surface area contributed by atoms with Gasteiger partial charge in [-0.1, -0.05) is 6.07 Å². The Morgan fingerprint density at radius 1 is 1.33 bits per heavy atom. The minimum atomic E-state index is -4.75. The highest BCUT2D eigenvalue weighted by atomic mass is 19.4. The Morgan fingerprint density at radius 2 is 2.06 bits per heavy atom. The van der Waals surface area contributed by atoms with Crippen LogP contribution in [0.5, 0.6) is 0 Å². The number of alkyl halides is 3. The van der Waals surface area contributed by atoms with Crippen molar-refractivity contribution in [3.8, 4) is 0 Å². The summed E-state index contributed by atoms with van der Waals surface area (Å²) in [6.07, 6.45) is -4.23. The Morgan fingerprint density at radius 3 is 2.56 bits per heavy atom. The van der Waals surface area contributed by atoms with E-state index >= 15 is 0 Å². The van der Waals surface area contributed by atoms with Crippen LogP contribution in [-0.2, 0) is 10.9 Å². The summed E-state index contributed by atoms with van der Waals surface area (Å²) >= 11 is 0. The maximum Gasteiger partial charge on any atom is 0.419 e. The Bertz CT molecular complexity index is 462. The standard InChI is InChI=1S/C12H10F4O2/c13-10-5-7(1-2-9(10)12(14,15)16)11(17)8-3-4-18-6-8/h1-2,5,8H,3-4,6H2. The predicted molar refractivity (Wildman–Crippen MR) is 54.7 cm³/mol. The average Bonchev–Trinajstić information content (AvgIpc) is 2.79. The van der Waals surface area contributed by atoms with E-state index in [-0.39, 0.29) is 23.9 Å². The zero-order valence-corrected chi connectivity index (χ0v) is 9.26. The molecule has 1 aromatic rings. The van der Waals surface area contributed by atoms with E-state index in [4.69, 9.17) is 4.74 Å². The maximum absolute atomic E-state index is 13.3. The van der Waals surface area contributed by atoms with Crippen LogP contribution in [0.1, 0.15) is 22.3 Å². The van der Waals surface area contributed by atoms with Gasteiger partial charge in [0.05, 0.1) is 12.2 Å². The quantitative estimate of drug-likeness (QED) is 0.604. The van der Waals surface area contributed by atoms with Crippen molar-refractivity contribution in [3.05, 3.63) is 35.1 Å². The number of hydrogen-bond acceptors (Lipinski definition) is 2. The van der Waals surface area contributed by atoms with E-state index < -0.39 is 17.6 Å². The summed E-state index contributed by atoms with van der Waals surface area (Å²) < 4.78 is 55.3. The van der Waals surface area contributed by atoms with Crippen LogP contribution in [0.15, 0.2) is 18.2 Å². The third-order valence-corrected chi connectivity index (χ3v) is 2.86. The van der Waals surface area contributed by atoms with Crippen molar-refractivity contribution in [1.82, 2.24) is 0 Å². The van der Waals surface area contributed by atoms with Gasteiger partial charge in [0.2, 0.25) is 0 Å². The third-order valence-electron chi connectivity index (χ3n) is 2.86. The van der Waals surface area contributed by atoms with Crippen molar-refractivity contribution in [2.24, 2.45) is 5.92 Å². The number of carbonyl (C=O) groups excluding carboxylic acids is 1. The fourth-order valence-corrected chi connectivity index (χ4v) is 1.88. The van der Waals surface area contributed by atoms with E-state index in [0.29, 0.717) is 25.2 Å². The molecule has 1 aliphatic rings. The number of ketones is 1. The van der Waals surface area contributed by atoms with E-state index in [0.717, 1.165) is 6.07 Å². The van der Waals surface area contributed by atoms with Gasteiger partial charge >= 0.3 is 6.18 Å². The summed E-state index contributed by atoms with van der Waals surface area (Å²) in [5, 5.41) is 0. The SMILES string of the molecule is O=C(c1ccc(C(F)(F)F)c(F)c1)C1CCOC1. The molecule has 2 rings (SSSR count). The van der Waals surface area contributed by atoms with E-state index in [2.05, 4.69) is 0 Å². The number of carbonyl (C=O) groups is 1. The van der Waals surface area contributed by atoms with Gasteiger partial charge in [-0.3, -0.25) is 4.79 Å². The summed E-state index contributed by atoms with van der Waals surface area (Å²) in [7, 11) is 0. The van der Waals surface area contributed by atoms with Gasteiger partial charge in [0.15, 0.2) is 5.78 Å². The molecule has 2 nitrogen and oxygen atoms in total. The first-order valence-corrected chi connectivity index (χ1v) is 5.38. The van der Waals surface area contributed by atoms with Crippen LogP contribution < -0.4 is 0 Å². The van der Waals surface area contributed by atoms with Crippen molar-refractivity contribution in [3.63, 3.8) is 0 Å². The van der Waals surface area contributed by atoms with Crippen LogP contribution in [0.25, 0.3) is 0 Å². The van der Waals surface area contributed by atoms with Crippen molar-refractivity contribution < 1.29 is 27.1 Å². The second-order valence-corrected chi connectivity index (χ2v) is 4.12. The predicted octanol–water partition coefficient (Wildman–Crippen LogP) is 3.06. The first kappa shape index (κ1) is 13.0. The topological polar surface area (TPSA) is 26.3 Å². The third kappa shape index (κ3) is 2.53. The maximum atomic E-state index is 13.3. The Hall–Kier alpha value is -1.43. The minimum absolute atomic E-state index is 0.0454. The lowest BCUT2D eigenvalue weighted by molar-refractivity contribution is -0.140. The fraction of sp³-hybridized carbons (Fsp3) is 0.417. The van der Waals surface area contributed by atoms with E-state index in [9.17, 15) is 22.4 Å². The zero-order valence-electron chi connectivity index (χ0n) is 9.26. The van der Waals surface area contributed by atoms with Crippen molar-refractivity contribution in [2.45, 2.75) is 12.6 Å². The normalized spacial score (nSPS) is 20.1. The van der Waals surface area contributed by atoms with Crippen LogP contribution in [-0.4, -0.2) is 19.0 Å². The molecule has 1 fully saturated rings. The van der Waals surface area contributed by atoms with Crippen LogP contribution in [0, 0.1) is 11.7 Å². The molecule has 1 aliphatic heterocycles. The summed E-state index contributed by atoms with van der Waals surface area (Å²) in [4.78, 5) is 11.8. The van der Waals surface area contributed by atoms with Gasteiger partial charge in [-0.05, 0) is 18.6 Å². The van der Waals surface area contributed by atoms with Gasteiger partial charge in [0, 0.05) is 18.1 Å². The number of Topliss-reactive ketones (excluding diaryl/α,β-unsaturated/α-hetero) is 1. The summed E-state index contributed by atoms with van der Waals surface area (Å²) in [6.45, 7) is 0.682. The first-order chi connectivity index (χ1) is 8.39. The van der Waals surface area contributed by atoms with Crippen LogP contribution in [0.2, 0.25) is 0 Å². The summed E-state index contributed by atoms with van der Waals surface area (Å²) in [5.41, 5.74) is -1.40. The monoisotopic (exact) mass is 262 g/mol. The Labute approximate surface area is 101 Å². The molecule has 0 N–H and O–H groups in total. The zero-order chi connectivity index (χ0) is 13.3. The molecular formula is C12H10F4O2. The second-order valence-electron chi connectivity index (χ2n) is 4.12. The molecule has 0 saturated carbocycles. The fourth-order valence-electron chi connectivity index (χ4n) is 1.88. The minimum Gasteiger partial charge on any atom is -0.381 e. The molecule has 0 amide bonds. The number of ether oxygens (including phenoxy) is 1. The molecule has 1 saturated heterocycles. The molecule has 6 heteroatoms. The molecule has 98 valence electrons. The number of benzene rings is 1. The van der Waals surface area contributed by atoms with Gasteiger partial charge in [-0.2, -0.15) is 13.2 Å². The Balaban J connectivity index is 2.26. The molecule has 0 radical (unpaired) electrons. The molecule has 0 aromatic heterocycles. The molecule has 0 aliphatic carbocycles. The van der Waals surface area contributed by atoms with Crippen molar-refractivity contribution in [2.75, 3.05) is 13.2 Å². The largest absolute Gasteiger partial charge is 0.419 e.